The lowest BCUT2D eigenvalue weighted by Gasteiger charge is -1.93. The maximum atomic E-state index is 11.9. The number of rotatable bonds is 2. The van der Waals surface area contributed by atoms with Gasteiger partial charge in [-0.15, -0.1) is 0 Å². The molecule has 0 aliphatic rings. The van der Waals surface area contributed by atoms with E-state index in [1.807, 2.05) is 13.8 Å². The molecule has 0 aromatic heterocycles. The predicted octanol–water partition coefficient (Wildman–Crippen LogP) is 2.39. The third-order valence-electron chi connectivity index (χ3n) is 0.686. The summed E-state index contributed by atoms with van der Waals surface area (Å²) in [5.41, 5.74) is 0. The van der Waals surface area contributed by atoms with Crippen molar-refractivity contribution in [2.75, 3.05) is 12.3 Å². The zero-order valence-electron chi connectivity index (χ0n) is 4.24. The molecule has 0 saturated heterocycles. The summed E-state index contributed by atoms with van der Waals surface area (Å²) < 4.78 is 11.9. The molecule has 0 nitrogen and oxygen atoms in total. The molecule has 0 aliphatic carbocycles. The average Bonchev–Trinajstić information content (AvgIpc) is 1.65. The lowest BCUT2D eigenvalue weighted by atomic mass is 11.0. The maximum Gasteiger partial charge on any atom is 0.0807 e. The highest BCUT2D eigenvalue weighted by Crippen LogP contribution is 2.34. The zero-order chi connectivity index (χ0) is 4.99. The molecule has 0 bridgehead atoms. The highest BCUT2D eigenvalue weighted by Gasteiger charge is 1.94. The van der Waals surface area contributed by atoms with Gasteiger partial charge in [0.05, 0.1) is 8.23 Å². The Hall–Kier alpha value is 0.360. The van der Waals surface area contributed by atoms with Gasteiger partial charge in [0.1, 0.15) is 0 Å². The molecule has 0 aliphatic heterocycles. The van der Waals surface area contributed by atoms with Crippen LogP contribution in [0.25, 0.3) is 0 Å². The van der Waals surface area contributed by atoms with Crippen LogP contribution in [0.1, 0.15) is 13.8 Å². The van der Waals surface area contributed by atoms with Crippen LogP contribution < -0.4 is 0 Å². The molecule has 6 heavy (non-hydrogen) atoms. The minimum atomic E-state index is -1.08. The van der Waals surface area contributed by atoms with E-state index in [0.717, 1.165) is 12.3 Å². The Morgan fingerprint density at radius 3 is 1.67 bits per heavy atom. The lowest BCUT2D eigenvalue weighted by molar-refractivity contribution is 0.883. The quantitative estimate of drug-likeness (QED) is 0.476. The minimum absolute atomic E-state index is 0.728. The topological polar surface area (TPSA) is 0 Å². The van der Waals surface area contributed by atoms with Crippen LogP contribution in [0.3, 0.4) is 0 Å². The van der Waals surface area contributed by atoms with E-state index < -0.39 is 8.23 Å². The van der Waals surface area contributed by atoms with Crippen LogP contribution >= 0.6 is 8.23 Å². The molecule has 0 aromatic rings. The fraction of sp³-hybridized carbons (Fsp3) is 1.00. The Kier molecular flexibility index (Phi) is 3.76. The lowest BCUT2D eigenvalue weighted by Crippen LogP contribution is -1.70. The SMILES string of the molecule is CCP(F)CC. The van der Waals surface area contributed by atoms with Gasteiger partial charge in [0.25, 0.3) is 0 Å². The van der Waals surface area contributed by atoms with E-state index in [4.69, 9.17) is 0 Å². The van der Waals surface area contributed by atoms with Gasteiger partial charge in [-0.1, -0.05) is 13.8 Å². The highest BCUT2D eigenvalue weighted by atomic mass is 31.2. The van der Waals surface area contributed by atoms with E-state index in [-0.39, 0.29) is 0 Å². The number of hydrogen-bond donors (Lipinski definition) is 0. The molecular formula is C4H10FP. The monoisotopic (exact) mass is 108 g/mol. The zero-order valence-corrected chi connectivity index (χ0v) is 5.13. The Morgan fingerprint density at radius 2 is 1.67 bits per heavy atom. The van der Waals surface area contributed by atoms with Gasteiger partial charge in [-0.2, -0.15) is 0 Å². The van der Waals surface area contributed by atoms with Gasteiger partial charge in [-0.3, -0.25) is 0 Å². The summed E-state index contributed by atoms with van der Waals surface area (Å²) >= 11 is 0. The van der Waals surface area contributed by atoms with Gasteiger partial charge in [0.15, 0.2) is 0 Å². The molecule has 0 amide bonds. The van der Waals surface area contributed by atoms with Gasteiger partial charge in [0, 0.05) is 0 Å². The summed E-state index contributed by atoms with van der Waals surface area (Å²) in [6.07, 6.45) is 1.46. The first-order valence-electron chi connectivity index (χ1n) is 2.22. The Bertz CT molecular complexity index is 26.7. The summed E-state index contributed by atoms with van der Waals surface area (Å²) in [4.78, 5) is 0. The Morgan fingerprint density at radius 1 is 1.33 bits per heavy atom. The second-order valence-corrected chi connectivity index (χ2v) is 3.29. The van der Waals surface area contributed by atoms with Crippen molar-refractivity contribution >= 4 is 8.23 Å². The molecule has 0 saturated carbocycles. The smallest absolute Gasteiger partial charge is 0.0807 e. The van der Waals surface area contributed by atoms with Gasteiger partial charge < -0.3 is 0 Å². The van der Waals surface area contributed by atoms with E-state index in [1.54, 1.807) is 0 Å². The molecule has 0 rings (SSSR count). The molecule has 0 unspecified atom stereocenters. The van der Waals surface area contributed by atoms with E-state index in [2.05, 4.69) is 0 Å². The first-order valence-corrected chi connectivity index (χ1v) is 3.82. The molecular weight excluding hydrogens is 98.0 g/mol. The normalized spacial score (nSPS) is 10.0. The molecule has 0 fully saturated rings. The number of halogens is 1. The van der Waals surface area contributed by atoms with Crippen LogP contribution in [-0.4, -0.2) is 12.3 Å². The first-order chi connectivity index (χ1) is 2.81. The van der Waals surface area contributed by atoms with E-state index in [1.165, 1.54) is 0 Å². The van der Waals surface area contributed by atoms with Crippen LogP contribution in [0.2, 0.25) is 0 Å². The van der Waals surface area contributed by atoms with Crippen molar-refractivity contribution in [3.8, 4) is 0 Å². The summed E-state index contributed by atoms with van der Waals surface area (Å²) in [6, 6.07) is 0. The van der Waals surface area contributed by atoms with Crippen molar-refractivity contribution in [1.29, 1.82) is 0 Å². The van der Waals surface area contributed by atoms with Gasteiger partial charge in [0.2, 0.25) is 0 Å². The minimum Gasteiger partial charge on any atom is -0.227 e. The van der Waals surface area contributed by atoms with Crippen molar-refractivity contribution in [2.45, 2.75) is 13.8 Å². The molecule has 0 N–H and O–H groups in total. The molecule has 0 heterocycles. The van der Waals surface area contributed by atoms with Crippen LogP contribution in [-0.2, 0) is 0 Å². The van der Waals surface area contributed by atoms with Crippen LogP contribution in [0.15, 0.2) is 0 Å². The van der Waals surface area contributed by atoms with Crippen molar-refractivity contribution in [3.63, 3.8) is 0 Å². The Labute approximate surface area is 39.6 Å². The first kappa shape index (κ1) is 6.36. The summed E-state index contributed by atoms with van der Waals surface area (Å²) in [7, 11) is -1.08. The average molecular weight is 108 g/mol. The molecule has 0 spiro atoms. The fourth-order valence-electron chi connectivity index (χ4n) is 0.224. The number of hydrogen-bond acceptors (Lipinski definition) is 0. The van der Waals surface area contributed by atoms with Crippen molar-refractivity contribution in [1.82, 2.24) is 0 Å². The van der Waals surface area contributed by atoms with Crippen LogP contribution in [0.4, 0.5) is 4.20 Å². The van der Waals surface area contributed by atoms with Crippen molar-refractivity contribution in [2.24, 2.45) is 0 Å². The summed E-state index contributed by atoms with van der Waals surface area (Å²) in [6.45, 7) is 3.77. The molecule has 0 atom stereocenters. The van der Waals surface area contributed by atoms with Gasteiger partial charge in [-0.25, -0.2) is 4.20 Å². The highest BCUT2D eigenvalue weighted by molar-refractivity contribution is 7.51. The third-order valence-corrected chi connectivity index (χ3v) is 2.06. The van der Waals surface area contributed by atoms with Crippen LogP contribution in [0.5, 0.6) is 0 Å². The van der Waals surface area contributed by atoms with Gasteiger partial charge in [-0.05, 0) is 12.3 Å². The summed E-state index contributed by atoms with van der Waals surface area (Å²) in [5, 5.41) is 0. The standard InChI is InChI=1S/C4H10FP/c1-3-6(5)4-2/h3-4H2,1-2H3. The van der Waals surface area contributed by atoms with Crippen molar-refractivity contribution in [3.05, 3.63) is 0 Å². The molecule has 2 heteroatoms. The second kappa shape index (κ2) is 3.55. The fourth-order valence-corrected chi connectivity index (χ4v) is 0.671. The van der Waals surface area contributed by atoms with E-state index in [9.17, 15) is 4.20 Å². The van der Waals surface area contributed by atoms with E-state index in [0.29, 0.717) is 0 Å². The largest absolute Gasteiger partial charge is 0.227 e. The van der Waals surface area contributed by atoms with E-state index >= 15 is 0 Å². The maximum absolute atomic E-state index is 11.9. The predicted molar refractivity (Wildman–Crippen MR) is 29.1 cm³/mol. The van der Waals surface area contributed by atoms with Crippen LogP contribution in [0, 0.1) is 0 Å². The van der Waals surface area contributed by atoms with Crippen molar-refractivity contribution < 1.29 is 4.20 Å². The third kappa shape index (κ3) is 2.59. The van der Waals surface area contributed by atoms with Gasteiger partial charge >= 0.3 is 0 Å². The molecule has 38 valence electrons. The Balaban J connectivity index is 2.75. The molecule has 0 aromatic carbocycles. The molecule has 0 radical (unpaired) electrons. The second-order valence-electron chi connectivity index (χ2n) is 1.10. The summed E-state index contributed by atoms with van der Waals surface area (Å²) in [5.74, 6) is 0.